The van der Waals surface area contributed by atoms with Crippen molar-refractivity contribution in [3.05, 3.63) is 65.7 Å². The number of anilines is 1. The summed E-state index contributed by atoms with van der Waals surface area (Å²) in [5, 5.41) is 5.65. The van der Waals surface area contributed by atoms with Gasteiger partial charge < -0.3 is 16.4 Å². The molecule has 2 aromatic carbocycles. The molecule has 2 amide bonds. The number of carbonyl (C=O) groups excluding carboxylic acids is 2. The molecule has 5 nitrogen and oxygen atoms in total. The minimum absolute atomic E-state index is 0.131. The highest BCUT2D eigenvalue weighted by Gasteiger charge is 2.17. The lowest BCUT2D eigenvalue weighted by Gasteiger charge is -2.18. The summed E-state index contributed by atoms with van der Waals surface area (Å²) in [5.41, 5.74) is 8.64. The standard InChI is InChI=1S/C19H23N3O2/c1-13(16-9-6-10-17(12-16)22-14(2)23)21-19(24)18(20)11-15-7-4-3-5-8-15/h3-10,12-13,18H,11,20H2,1-2H3,(H,21,24)(H,22,23). The molecule has 0 aromatic heterocycles. The number of amides is 2. The Hall–Kier alpha value is -2.66. The summed E-state index contributed by atoms with van der Waals surface area (Å²) in [7, 11) is 0. The van der Waals surface area contributed by atoms with E-state index in [-0.39, 0.29) is 17.9 Å². The highest BCUT2D eigenvalue weighted by molar-refractivity contribution is 5.88. The Labute approximate surface area is 142 Å². The Morgan fingerprint density at radius 1 is 1.08 bits per heavy atom. The zero-order valence-corrected chi connectivity index (χ0v) is 14.0. The zero-order chi connectivity index (χ0) is 17.5. The van der Waals surface area contributed by atoms with Gasteiger partial charge in [-0.2, -0.15) is 0 Å². The molecule has 0 aliphatic rings. The molecule has 2 unspecified atom stereocenters. The third-order valence-corrected chi connectivity index (χ3v) is 3.70. The van der Waals surface area contributed by atoms with Crippen LogP contribution in [0.4, 0.5) is 5.69 Å². The summed E-state index contributed by atoms with van der Waals surface area (Å²) >= 11 is 0. The van der Waals surface area contributed by atoms with Crippen LogP contribution in [0.2, 0.25) is 0 Å². The van der Waals surface area contributed by atoms with Crippen LogP contribution >= 0.6 is 0 Å². The van der Waals surface area contributed by atoms with Gasteiger partial charge in [0.2, 0.25) is 11.8 Å². The fourth-order valence-corrected chi connectivity index (χ4v) is 2.45. The minimum Gasteiger partial charge on any atom is -0.348 e. The maximum atomic E-state index is 12.3. The van der Waals surface area contributed by atoms with Gasteiger partial charge in [-0.05, 0) is 36.6 Å². The van der Waals surface area contributed by atoms with E-state index in [1.165, 1.54) is 6.92 Å². The largest absolute Gasteiger partial charge is 0.348 e. The summed E-state index contributed by atoms with van der Waals surface area (Å²) in [6, 6.07) is 16.3. The molecule has 24 heavy (non-hydrogen) atoms. The molecule has 126 valence electrons. The maximum Gasteiger partial charge on any atom is 0.237 e. The molecule has 0 radical (unpaired) electrons. The van der Waals surface area contributed by atoms with Gasteiger partial charge in [-0.1, -0.05) is 42.5 Å². The smallest absolute Gasteiger partial charge is 0.237 e. The van der Waals surface area contributed by atoms with Crippen molar-refractivity contribution in [2.75, 3.05) is 5.32 Å². The quantitative estimate of drug-likeness (QED) is 0.762. The molecule has 4 N–H and O–H groups in total. The molecule has 0 saturated carbocycles. The van der Waals surface area contributed by atoms with Gasteiger partial charge in [-0.15, -0.1) is 0 Å². The number of carbonyl (C=O) groups is 2. The molecule has 0 fully saturated rings. The van der Waals surface area contributed by atoms with Crippen molar-refractivity contribution in [2.24, 2.45) is 5.73 Å². The number of hydrogen-bond acceptors (Lipinski definition) is 3. The second kappa shape index (κ2) is 8.26. The van der Waals surface area contributed by atoms with Gasteiger partial charge in [0.1, 0.15) is 0 Å². The topological polar surface area (TPSA) is 84.2 Å². The van der Waals surface area contributed by atoms with Crippen molar-refractivity contribution < 1.29 is 9.59 Å². The summed E-state index contributed by atoms with van der Waals surface area (Å²) in [4.78, 5) is 23.4. The molecule has 5 heteroatoms. The monoisotopic (exact) mass is 325 g/mol. The Morgan fingerprint density at radius 2 is 1.79 bits per heavy atom. The molecule has 0 saturated heterocycles. The van der Waals surface area contributed by atoms with Crippen LogP contribution in [0.3, 0.4) is 0 Å². The van der Waals surface area contributed by atoms with E-state index in [9.17, 15) is 9.59 Å². The third-order valence-electron chi connectivity index (χ3n) is 3.70. The van der Waals surface area contributed by atoms with Crippen molar-refractivity contribution >= 4 is 17.5 Å². The number of benzene rings is 2. The Balaban J connectivity index is 1.96. The molecule has 0 heterocycles. The summed E-state index contributed by atoms with van der Waals surface area (Å²) in [6.07, 6.45) is 0.491. The fourth-order valence-electron chi connectivity index (χ4n) is 2.45. The molecular formula is C19H23N3O2. The van der Waals surface area contributed by atoms with Gasteiger partial charge in [-0.25, -0.2) is 0 Å². The van der Waals surface area contributed by atoms with Gasteiger partial charge in [-0.3, -0.25) is 9.59 Å². The van der Waals surface area contributed by atoms with E-state index in [0.717, 1.165) is 11.1 Å². The van der Waals surface area contributed by atoms with Crippen molar-refractivity contribution in [3.8, 4) is 0 Å². The fraction of sp³-hybridized carbons (Fsp3) is 0.263. The first-order valence-electron chi connectivity index (χ1n) is 7.93. The van der Waals surface area contributed by atoms with Crippen LogP contribution in [0.1, 0.15) is 31.0 Å². The van der Waals surface area contributed by atoms with Gasteiger partial charge in [0.05, 0.1) is 12.1 Å². The van der Waals surface area contributed by atoms with E-state index in [2.05, 4.69) is 10.6 Å². The summed E-state index contributed by atoms with van der Waals surface area (Å²) < 4.78 is 0. The molecular weight excluding hydrogens is 302 g/mol. The van der Waals surface area contributed by atoms with Crippen molar-refractivity contribution in [1.82, 2.24) is 5.32 Å². The first-order valence-corrected chi connectivity index (χ1v) is 7.93. The molecule has 0 aliphatic carbocycles. The van der Waals surface area contributed by atoms with Crippen LogP contribution in [0, 0.1) is 0 Å². The first-order chi connectivity index (χ1) is 11.5. The highest BCUT2D eigenvalue weighted by Crippen LogP contribution is 2.17. The van der Waals surface area contributed by atoms with E-state index in [4.69, 9.17) is 5.73 Å². The normalized spacial score (nSPS) is 13.0. The lowest BCUT2D eigenvalue weighted by molar-refractivity contribution is -0.123. The van der Waals surface area contributed by atoms with E-state index >= 15 is 0 Å². The minimum atomic E-state index is -0.603. The predicted molar refractivity (Wildman–Crippen MR) is 95.4 cm³/mol. The second-order valence-corrected chi connectivity index (χ2v) is 5.83. The lowest BCUT2D eigenvalue weighted by Crippen LogP contribution is -2.42. The number of nitrogens with one attached hydrogen (secondary N) is 2. The van der Waals surface area contributed by atoms with Crippen LogP contribution in [-0.2, 0) is 16.0 Å². The molecule has 0 aliphatic heterocycles. The lowest BCUT2D eigenvalue weighted by atomic mass is 10.0. The van der Waals surface area contributed by atoms with Crippen LogP contribution < -0.4 is 16.4 Å². The third kappa shape index (κ3) is 5.21. The Morgan fingerprint density at radius 3 is 2.46 bits per heavy atom. The molecule has 2 aromatic rings. The average Bonchev–Trinajstić information content (AvgIpc) is 2.55. The van der Waals surface area contributed by atoms with Crippen molar-refractivity contribution in [2.45, 2.75) is 32.4 Å². The average molecular weight is 325 g/mol. The summed E-state index contributed by atoms with van der Waals surface area (Å²) in [5.74, 6) is -0.329. The summed E-state index contributed by atoms with van der Waals surface area (Å²) in [6.45, 7) is 3.35. The second-order valence-electron chi connectivity index (χ2n) is 5.83. The van der Waals surface area contributed by atoms with Crippen molar-refractivity contribution in [1.29, 1.82) is 0 Å². The first kappa shape index (κ1) is 17.7. The van der Waals surface area contributed by atoms with E-state index in [1.54, 1.807) is 6.07 Å². The van der Waals surface area contributed by atoms with E-state index in [0.29, 0.717) is 12.1 Å². The van der Waals surface area contributed by atoms with E-state index in [1.807, 2.05) is 55.5 Å². The van der Waals surface area contributed by atoms with Crippen molar-refractivity contribution in [3.63, 3.8) is 0 Å². The highest BCUT2D eigenvalue weighted by atomic mass is 16.2. The van der Waals surface area contributed by atoms with Gasteiger partial charge in [0.15, 0.2) is 0 Å². The number of nitrogens with two attached hydrogens (primary N) is 1. The van der Waals surface area contributed by atoms with Crippen LogP contribution in [0.5, 0.6) is 0 Å². The molecule has 2 rings (SSSR count). The molecule has 0 bridgehead atoms. The Bertz CT molecular complexity index is 701. The van der Waals surface area contributed by atoms with Crippen LogP contribution in [-0.4, -0.2) is 17.9 Å². The maximum absolute atomic E-state index is 12.3. The Kier molecular flexibility index (Phi) is 6.09. The number of rotatable bonds is 6. The molecule has 2 atom stereocenters. The SMILES string of the molecule is CC(=O)Nc1cccc(C(C)NC(=O)C(N)Cc2ccccc2)c1. The molecule has 0 spiro atoms. The zero-order valence-electron chi connectivity index (χ0n) is 14.0. The number of hydrogen-bond donors (Lipinski definition) is 3. The van der Waals surface area contributed by atoms with E-state index < -0.39 is 6.04 Å². The van der Waals surface area contributed by atoms with Gasteiger partial charge in [0.25, 0.3) is 0 Å². The van der Waals surface area contributed by atoms with Gasteiger partial charge in [0, 0.05) is 12.6 Å². The van der Waals surface area contributed by atoms with Crippen LogP contribution in [0.25, 0.3) is 0 Å². The van der Waals surface area contributed by atoms with Crippen LogP contribution in [0.15, 0.2) is 54.6 Å². The van der Waals surface area contributed by atoms with Gasteiger partial charge >= 0.3 is 0 Å². The predicted octanol–water partition coefficient (Wildman–Crippen LogP) is 2.39.